The SMILES string of the molecule is COC(=O)c1scc(C)c1S(=O)(=O)N(C)C1CC2CCC(C1)N2.Cl. The van der Waals surface area contributed by atoms with Crippen LogP contribution in [0.2, 0.25) is 0 Å². The second-order valence-electron chi connectivity index (χ2n) is 6.35. The summed E-state index contributed by atoms with van der Waals surface area (Å²) in [5.74, 6) is -0.597. The molecule has 1 aromatic rings. The minimum Gasteiger partial charge on any atom is -0.465 e. The Labute approximate surface area is 153 Å². The Morgan fingerprint density at radius 3 is 2.46 bits per heavy atom. The number of sulfonamides is 1. The predicted octanol–water partition coefficient (Wildman–Crippen LogP) is 2.17. The van der Waals surface area contributed by atoms with Crippen LogP contribution in [0.15, 0.2) is 10.3 Å². The topological polar surface area (TPSA) is 75.7 Å². The van der Waals surface area contributed by atoms with Gasteiger partial charge in [0.05, 0.1) is 7.11 Å². The number of rotatable bonds is 4. The van der Waals surface area contributed by atoms with Gasteiger partial charge in [-0.05, 0) is 43.6 Å². The maximum absolute atomic E-state index is 13.1. The second kappa shape index (κ2) is 7.29. The van der Waals surface area contributed by atoms with Crippen molar-refractivity contribution in [1.29, 1.82) is 0 Å². The van der Waals surface area contributed by atoms with Crippen molar-refractivity contribution in [3.05, 3.63) is 15.8 Å². The first kappa shape index (κ1) is 19.7. The van der Waals surface area contributed by atoms with Crippen LogP contribution in [-0.4, -0.2) is 51.0 Å². The maximum atomic E-state index is 13.1. The van der Waals surface area contributed by atoms with E-state index in [1.807, 2.05) is 0 Å². The summed E-state index contributed by atoms with van der Waals surface area (Å²) < 4.78 is 32.4. The lowest BCUT2D eigenvalue weighted by molar-refractivity contribution is 0.0602. The molecule has 0 aromatic carbocycles. The van der Waals surface area contributed by atoms with Crippen LogP contribution in [0.4, 0.5) is 0 Å². The number of hydrogen-bond donors (Lipinski definition) is 1. The Morgan fingerprint density at radius 1 is 1.33 bits per heavy atom. The average Bonchev–Trinajstić information content (AvgIpc) is 3.08. The molecule has 2 atom stereocenters. The molecule has 0 amide bonds. The Hall–Kier alpha value is -0.670. The lowest BCUT2D eigenvalue weighted by Gasteiger charge is -2.35. The molecule has 9 heteroatoms. The molecular formula is C15H23ClN2O4S2. The van der Waals surface area contributed by atoms with Crippen LogP contribution < -0.4 is 5.32 Å². The number of aryl methyl sites for hydroxylation is 1. The van der Waals surface area contributed by atoms with Crippen molar-refractivity contribution in [2.75, 3.05) is 14.2 Å². The number of nitrogens with one attached hydrogen (secondary N) is 1. The number of ether oxygens (including phenoxy) is 1. The third-order valence-electron chi connectivity index (χ3n) is 4.89. The maximum Gasteiger partial charge on any atom is 0.349 e. The van der Waals surface area contributed by atoms with Crippen molar-refractivity contribution >= 4 is 39.7 Å². The molecule has 2 aliphatic heterocycles. The van der Waals surface area contributed by atoms with Crippen LogP contribution in [0, 0.1) is 6.92 Å². The molecule has 2 fully saturated rings. The number of nitrogens with zero attached hydrogens (tertiary/aromatic N) is 1. The van der Waals surface area contributed by atoms with Crippen LogP contribution in [0.25, 0.3) is 0 Å². The smallest absolute Gasteiger partial charge is 0.349 e. The standard InChI is InChI=1S/C15H22N2O4S2.ClH/c1-9-8-22-13(15(18)21-3)14(9)23(19,20)17(2)12-6-10-4-5-11(7-12)16-10;/h8,10-12,16H,4-7H2,1-3H3;1H. The third-order valence-corrected chi connectivity index (χ3v) is 8.19. The minimum absolute atomic E-state index is 0. The minimum atomic E-state index is -3.72. The molecule has 0 aliphatic carbocycles. The summed E-state index contributed by atoms with van der Waals surface area (Å²) in [6, 6.07) is 0.781. The monoisotopic (exact) mass is 394 g/mol. The first-order chi connectivity index (χ1) is 10.8. The summed E-state index contributed by atoms with van der Waals surface area (Å²) in [7, 11) is -0.822. The zero-order chi connectivity index (χ0) is 16.8. The molecular weight excluding hydrogens is 372 g/mol. The predicted molar refractivity (Wildman–Crippen MR) is 95.6 cm³/mol. The molecule has 136 valence electrons. The Balaban J connectivity index is 0.00000208. The fourth-order valence-corrected chi connectivity index (χ4v) is 6.68. The molecule has 3 heterocycles. The zero-order valence-electron chi connectivity index (χ0n) is 13.9. The van der Waals surface area contributed by atoms with Crippen molar-refractivity contribution in [2.45, 2.75) is 55.6 Å². The van der Waals surface area contributed by atoms with Crippen molar-refractivity contribution in [3.8, 4) is 0 Å². The van der Waals surface area contributed by atoms with E-state index in [0.29, 0.717) is 17.6 Å². The second-order valence-corrected chi connectivity index (χ2v) is 9.17. The van der Waals surface area contributed by atoms with E-state index < -0.39 is 16.0 Å². The summed E-state index contributed by atoms with van der Waals surface area (Å²) in [5.41, 5.74) is 0.596. The molecule has 1 aromatic heterocycles. The zero-order valence-corrected chi connectivity index (χ0v) is 16.4. The van der Waals surface area contributed by atoms with Crippen LogP contribution in [0.5, 0.6) is 0 Å². The molecule has 3 rings (SSSR count). The van der Waals surface area contributed by atoms with Gasteiger partial charge in [0.1, 0.15) is 9.77 Å². The lowest BCUT2D eigenvalue weighted by atomic mass is 10.0. The molecule has 0 saturated carbocycles. The van der Waals surface area contributed by atoms with E-state index >= 15 is 0 Å². The number of halogens is 1. The highest BCUT2D eigenvalue weighted by molar-refractivity contribution is 7.89. The van der Waals surface area contributed by atoms with Gasteiger partial charge in [-0.2, -0.15) is 4.31 Å². The number of methoxy groups -OCH3 is 1. The number of hydrogen-bond acceptors (Lipinski definition) is 6. The van der Waals surface area contributed by atoms with Gasteiger partial charge in [-0.15, -0.1) is 23.7 Å². The number of esters is 1. The van der Waals surface area contributed by atoms with Crippen LogP contribution in [0.1, 0.15) is 40.9 Å². The van der Waals surface area contributed by atoms with E-state index in [1.54, 1.807) is 19.4 Å². The van der Waals surface area contributed by atoms with E-state index in [-0.39, 0.29) is 28.2 Å². The molecule has 24 heavy (non-hydrogen) atoms. The lowest BCUT2D eigenvalue weighted by Crippen LogP contribution is -2.48. The fourth-order valence-electron chi connectivity index (χ4n) is 3.65. The van der Waals surface area contributed by atoms with Gasteiger partial charge in [0.15, 0.2) is 0 Å². The molecule has 1 N–H and O–H groups in total. The number of thiophene rings is 1. The summed E-state index contributed by atoms with van der Waals surface area (Å²) in [6.45, 7) is 1.72. The van der Waals surface area contributed by atoms with Crippen molar-refractivity contribution in [3.63, 3.8) is 0 Å². The first-order valence-corrected chi connectivity index (χ1v) is 10.1. The van der Waals surface area contributed by atoms with Gasteiger partial charge in [0, 0.05) is 25.2 Å². The summed E-state index contributed by atoms with van der Waals surface area (Å²) in [5, 5.41) is 5.21. The molecule has 2 unspecified atom stereocenters. The number of fused-ring (bicyclic) bond motifs is 2. The van der Waals surface area contributed by atoms with Gasteiger partial charge in [-0.3, -0.25) is 0 Å². The van der Waals surface area contributed by atoms with Gasteiger partial charge >= 0.3 is 5.97 Å². The molecule has 0 radical (unpaired) electrons. The van der Waals surface area contributed by atoms with E-state index in [2.05, 4.69) is 5.32 Å². The van der Waals surface area contributed by atoms with Gasteiger partial charge in [-0.25, -0.2) is 13.2 Å². The molecule has 0 spiro atoms. The average molecular weight is 395 g/mol. The van der Waals surface area contributed by atoms with Crippen molar-refractivity contribution in [1.82, 2.24) is 9.62 Å². The Kier molecular flexibility index (Phi) is 5.97. The quantitative estimate of drug-likeness (QED) is 0.792. The molecule has 2 aliphatic rings. The fraction of sp³-hybridized carbons (Fsp3) is 0.667. The van der Waals surface area contributed by atoms with E-state index in [4.69, 9.17) is 4.74 Å². The number of carbonyl (C=O) groups excluding carboxylic acids is 1. The molecule has 6 nitrogen and oxygen atoms in total. The van der Waals surface area contributed by atoms with E-state index in [1.165, 1.54) is 11.4 Å². The Bertz CT molecular complexity index is 707. The van der Waals surface area contributed by atoms with Crippen molar-refractivity contribution in [2.24, 2.45) is 0 Å². The van der Waals surface area contributed by atoms with Gasteiger partial charge in [0.2, 0.25) is 10.0 Å². The van der Waals surface area contributed by atoms with Crippen LogP contribution in [-0.2, 0) is 14.8 Å². The highest BCUT2D eigenvalue weighted by Crippen LogP contribution is 2.35. The van der Waals surface area contributed by atoms with Gasteiger partial charge in [-0.1, -0.05) is 0 Å². The number of carbonyl (C=O) groups is 1. The highest BCUT2D eigenvalue weighted by atomic mass is 35.5. The highest BCUT2D eigenvalue weighted by Gasteiger charge is 2.40. The van der Waals surface area contributed by atoms with Crippen molar-refractivity contribution < 1.29 is 17.9 Å². The largest absolute Gasteiger partial charge is 0.465 e. The summed E-state index contributed by atoms with van der Waals surface area (Å²) in [6.07, 6.45) is 3.87. The van der Waals surface area contributed by atoms with Crippen LogP contribution >= 0.6 is 23.7 Å². The first-order valence-electron chi connectivity index (χ1n) is 7.75. The molecule has 2 saturated heterocycles. The van der Waals surface area contributed by atoms with E-state index in [0.717, 1.165) is 37.0 Å². The normalized spacial score (nSPS) is 26.2. The molecule has 2 bridgehead atoms. The summed E-state index contributed by atoms with van der Waals surface area (Å²) in [4.78, 5) is 12.2. The van der Waals surface area contributed by atoms with E-state index in [9.17, 15) is 13.2 Å². The number of piperidine rings is 1. The van der Waals surface area contributed by atoms with Gasteiger partial charge < -0.3 is 10.1 Å². The summed E-state index contributed by atoms with van der Waals surface area (Å²) >= 11 is 1.12. The van der Waals surface area contributed by atoms with Crippen LogP contribution in [0.3, 0.4) is 0 Å². The van der Waals surface area contributed by atoms with Gasteiger partial charge in [0.25, 0.3) is 0 Å². The Morgan fingerprint density at radius 2 is 1.92 bits per heavy atom. The third kappa shape index (κ3) is 3.35.